The summed E-state index contributed by atoms with van der Waals surface area (Å²) in [5, 5.41) is 1.90. The smallest absolute Gasteiger partial charge is 0.195 e. The minimum absolute atomic E-state index is 0.0205. The molecule has 0 saturated heterocycles. The lowest BCUT2D eigenvalue weighted by Gasteiger charge is -2.12. The van der Waals surface area contributed by atoms with Gasteiger partial charge in [0.25, 0.3) is 0 Å². The van der Waals surface area contributed by atoms with Crippen LogP contribution in [0.25, 0.3) is 17.2 Å². The van der Waals surface area contributed by atoms with Crippen molar-refractivity contribution in [2.75, 3.05) is 7.11 Å². The van der Waals surface area contributed by atoms with E-state index in [2.05, 4.69) is 40.2 Å². The second kappa shape index (κ2) is 10.4. The number of allylic oxidation sites excluding steroid dienone is 1. The van der Waals surface area contributed by atoms with Crippen molar-refractivity contribution in [2.24, 2.45) is 0 Å². The molecule has 0 atom stereocenters. The van der Waals surface area contributed by atoms with Gasteiger partial charge in [-0.15, -0.1) is 11.3 Å². The molecular formula is C27H21BrO3S. The molecule has 0 bridgehead atoms. The fourth-order valence-corrected chi connectivity index (χ4v) is 4.59. The molecule has 0 N–H and O–H groups in total. The molecule has 0 aliphatic rings. The van der Waals surface area contributed by atoms with Crippen molar-refractivity contribution < 1.29 is 14.3 Å². The van der Waals surface area contributed by atoms with Crippen LogP contribution in [0.5, 0.6) is 11.5 Å². The summed E-state index contributed by atoms with van der Waals surface area (Å²) < 4.78 is 12.4. The van der Waals surface area contributed by atoms with E-state index in [9.17, 15) is 4.79 Å². The molecule has 0 radical (unpaired) electrons. The van der Waals surface area contributed by atoms with Gasteiger partial charge in [0.15, 0.2) is 5.78 Å². The number of rotatable bonds is 8. The number of hydrogen-bond acceptors (Lipinski definition) is 4. The van der Waals surface area contributed by atoms with Gasteiger partial charge in [0, 0.05) is 15.4 Å². The highest BCUT2D eigenvalue weighted by Gasteiger charge is 2.08. The number of ketones is 1. The molecule has 0 amide bonds. The van der Waals surface area contributed by atoms with E-state index in [1.54, 1.807) is 13.2 Å². The van der Waals surface area contributed by atoms with Crippen LogP contribution in [0.3, 0.4) is 0 Å². The summed E-state index contributed by atoms with van der Waals surface area (Å²) in [5.41, 5.74) is 4.13. The van der Waals surface area contributed by atoms with Crippen molar-refractivity contribution in [2.45, 2.75) is 6.61 Å². The minimum Gasteiger partial charge on any atom is -0.496 e. The highest BCUT2D eigenvalue weighted by Crippen LogP contribution is 2.26. The summed E-state index contributed by atoms with van der Waals surface area (Å²) in [6.07, 6.45) is 3.40. The van der Waals surface area contributed by atoms with Crippen LogP contribution in [0.2, 0.25) is 0 Å². The molecule has 4 aromatic rings. The third-order valence-corrected chi connectivity index (χ3v) is 6.60. The zero-order valence-electron chi connectivity index (χ0n) is 17.5. The number of benzene rings is 3. The molecule has 160 valence electrons. The van der Waals surface area contributed by atoms with Gasteiger partial charge in [-0.2, -0.15) is 0 Å². The Kier molecular flexibility index (Phi) is 7.20. The largest absolute Gasteiger partial charge is 0.496 e. The van der Waals surface area contributed by atoms with E-state index in [-0.39, 0.29) is 5.78 Å². The van der Waals surface area contributed by atoms with Crippen LogP contribution in [0.4, 0.5) is 0 Å². The monoisotopic (exact) mass is 504 g/mol. The van der Waals surface area contributed by atoms with Crippen molar-refractivity contribution in [1.82, 2.24) is 0 Å². The summed E-state index contributed by atoms with van der Waals surface area (Å²) in [6, 6.07) is 25.9. The second-order valence-corrected chi connectivity index (χ2v) is 8.90. The Morgan fingerprint density at radius 3 is 2.41 bits per heavy atom. The number of carbonyl (C=O) groups is 1. The van der Waals surface area contributed by atoms with E-state index in [1.807, 2.05) is 66.1 Å². The SMILES string of the molecule is COc1ccc(/C=C/C(=O)c2cc(Br)cs2)cc1COc1ccc(-c2ccccc2)cc1. The highest BCUT2D eigenvalue weighted by atomic mass is 79.9. The van der Waals surface area contributed by atoms with Gasteiger partial charge in [0.05, 0.1) is 12.0 Å². The van der Waals surface area contributed by atoms with E-state index in [4.69, 9.17) is 9.47 Å². The summed E-state index contributed by atoms with van der Waals surface area (Å²) >= 11 is 4.80. The summed E-state index contributed by atoms with van der Waals surface area (Å²) in [7, 11) is 1.64. The highest BCUT2D eigenvalue weighted by molar-refractivity contribution is 9.10. The van der Waals surface area contributed by atoms with Crippen LogP contribution >= 0.6 is 27.3 Å². The van der Waals surface area contributed by atoms with Crippen molar-refractivity contribution in [1.29, 1.82) is 0 Å². The van der Waals surface area contributed by atoms with Crippen LogP contribution in [-0.2, 0) is 6.61 Å². The molecule has 0 unspecified atom stereocenters. The predicted octanol–water partition coefficient (Wildman–Crippen LogP) is 7.66. The van der Waals surface area contributed by atoms with Gasteiger partial charge >= 0.3 is 0 Å². The van der Waals surface area contributed by atoms with Gasteiger partial charge in [-0.1, -0.05) is 54.6 Å². The topological polar surface area (TPSA) is 35.5 Å². The molecule has 3 aromatic carbocycles. The number of thiophene rings is 1. The molecule has 4 rings (SSSR count). The molecule has 1 aromatic heterocycles. The standard InChI is InChI=1S/C27H21BrO3S/c1-30-26-14-8-19(7-13-25(29)27-16-23(28)18-32-27)15-22(26)17-31-24-11-9-21(10-12-24)20-5-3-2-4-6-20/h2-16,18H,17H2,1H3/b13-7+. The zero-order chi connectivity index (χ0) is 22.3. The Bertz CT molecular complexity index is 1230. The van der Waals surface area contributed by atoms with Crippen LogP contribution in [0.15, 0.2) is 94.8 Å². The van der Waals surface area contributed by atoms with Gasteiger partial charge in [-0.25, -0.2) is 0 Å². The van der Waals surface area contributed by atoms with Crippen molar-refractivity contribution in [3.63, 3.8) is 0 Å². The Balaban J connectivity index is 1.45. The summed E-state index contributed by atoms with van der Waals surface area (Å²) in [6.45, 7) is 0.362. The third kappa shape index (κ3) is 5.55. The van der Waals surface area contributed by atoms with Crippen LogP contribution in [0, 0.1) is 0 Å². The molecule has 1 heterocycles. The van der Waals surface area contributed by atoms with Crippen molar-refractivity contribution >= 4 is 39.1 Å². The first-order valence-corrected chi connectivity index (χ1v) is 11.7. The van der Waals surface area contributed by atoms with Crippen molar-refractivity contribution in [3.8, 4) is 22.6 Å². The summed E-state index contributed by atoms with van der Waals surface area (Å²) in [4.78, 5) is 13.0. The molecule has 0 aliphatic carbocycles. The number of hydrogen-bond donors (Lipinski definition) is 0. The number of methoxy groups -OCH3 is 1. The molecule has 0 saturated carbocycles. The van der Waals surface area contributed by atoms with E-state index < -0.39 is 0 Å². The maximum Gasteiger partial charge on any atom is 0.195 e. The van der Waals surface area contributed by atoms with Gasteiger partial charge < -0.3 is 9.47 Å². The van der Waals surface area contributed by atoms with E-state index in [0.29, 0.717) is 11.5 Å². The lowest BCUT2D eigenvalue weighted by atomic mass is 10.1. The first kappa shape index (κ1) is 22.1. The van der Waals surface area contributed by atoms with Crippen LogP contribution in [-0.4, -0.2) is 12.9 Å². The first-order chi connectivity index (χ1) is 15.6. The Morgan fingerprint density at radius 1 is 0.969 bits per heavy atom. The zero-order valence-corrected chi connectivity index (χ0v) is 19.9. The number of halogens is 1. The maximum atomic E-state index is 12.3. The number of ether oxygens (including phenoxy) is 2. The minimum atomic E-state index is -0.0205. The first-order valence-electron chi connectivity index (χ1n) is 10.0. The average molecular weight is 505 g/mol. The van der Waals surface area contributed by atoms with Crippen LogP contribution < -0.4 is 9.47 Å². The van der Waals surface area contributed by atoms with Crippen molar-refractivity contribution in [3.05, 3.63) is 111 Å². The molecule has 5 heteroatoms. The van der Waals surface area contributed by atoms with E-state index in [0.717, 1.165) is 32.7 Å². The number of carbonyl (C=O) groups excluding carboxylic acids is 1. The van der Waals surface area contributed by atoms with Gasteiger partial charge in [0.1, 0.15) is 18.1 Å². The van der Waals surface area contributed by atoms with Gasteiger partial charge in [-0.05, 0) is 69.0 Å². The third-order valence-electron chi connectivity index (χ3n) is 4.90. The van der Waals surface area contributed by atoms with E-state index >= 15 is 0 Å². The Hall–Kier alpha value is -3.15. The van der Waals surface area contributed by atoms with Gasteiger partial charge in [-0.3, -0.25) is 4.79 Å². The maximum absolute atomic E-state index is 12.3. The second-order valence-electron chi connectivity index (χ2n) is 7.08. The van der Waals surface area contributed by atoms with E-state index in [1.165, 1.54) is 16.9 Å². The molecule has 0 fully saturated rings. The lowest BCUT2D eigenvalue weighted by Crippen LogP contribution is -1.99. The quantitative estimate of drug-likeness (QED) is 0.182. The molecule has 0 aliphatic heterocycles. The molecule has 3 nitrogen and oxygen atoms in total. The Morgan fingerprint density at radius 2 is 1.72 bits per heavy atom. The summed E-state index contributed by atoms with van der Waals surface area (Å²) in [5.74, 6) is 1.51. The predicted molar refractivity (Wildman–Crippen MR) is 135 cm³/mol. The molecule has 32 heavy (non-hydrogen) atoms. The van der Waals surface area contributed by atoms with Gasteiger partial charge in [0.2, 0.25) is 0 Å². The Labute approximate surface area is 200 Å². The average Bonchev–Trinajstić information content (AvgIpc) is 3.28. The normalized spacial score (nSPS) is 10.9. The fourth-order valence-electron chi connectivity index (χ4n) is 3.25. The van der Waals surface area contributed by atoms with Crippen LogP contribution in [0.1, 0.15) is 20.8 Å². The lowest BCUT2D eigenvalue weighted by molar-refractivity contribution is 0.105. The molecule has 0 spiro atoms. The molecular weight excluding hydrogens is 484 g/mol. The fraction of sp³-hybridized carbons (Fsp3) is 0.0741.